The molecule has 2 aromatic rings. The summed E-state index contributed by atoms with van der Waals surface area (Å²) >= 11 is 3.39. The molecule has 5 nitrogen and oxygen atoms in total. The first-order valence-electron chi connectivity index (χ1n) is 5.21. The summed E-state index contributed by atoms with van der Waals surface area (Å²) in [4.78, 5) is 7.89. The molecule has 0 unspecified atom stereocenters. The molecule has 0 aliphatic rings. The van der Waals surface area contributed by atoms with Crippen molar-refractivity contribution < 1.29 is 9.47 Å². The van der Waals surface area contributed by atoms with Crippen LogP contribution in [-0.2, 0) is 0 Å². The molecule has 1 heterocycles. The number of rotatable bonds is 3. The lowest BCUT2D eigenvalue weighted by Crippen LogP contribution is -2.00. The smallest absolute Gasteiger partial charge is 0.227 e. The molecular weight excluding hydrogens is 298 g/mol. The third-order valence-corrected chi connectivity index (χ3v) is 2.76. The summed E-state index contributed by atoms with van der Waals surface area (Å²) in [5.74, 6) is 1.52. The quantitative estimate of drug-likeness (QED) is 0.944. The topological polar surface area (TPSA) is 70.3 Å². The highest BCUT2D eigenvalue weighted by Gasteiger charge is 2.07. The molecule has 6 heteroatoms. The predicted octanol–water partition coefficient (Wildman–Crippen LogP) is 2.93. The van der Waals surface area contributed by atoms with Crippen LogP contribution in [0.2, 0.25) is 0 Å². The van der Waals surface area contributed by atoms with Crippen molar-refractivity contribution in [2.45, 2.75) is 6.92 Å². The number of nitrogens with two attached hydrogens (primary N) is 1. The van der Waals surface area contributed by atoms with Gasteiger partial charge in [-0.1, -0.05) is 22.0 Å². The largest absolute Gasteiger partial charge is 0.481 e. The monoisotopic (exact) mass is 309 g/mol. The minimum Gasteiger partial charge on any atom is -0.481 e. The Labute approximate surface area is 113 Å². The van der Waals surface area contributed by atoms with Gasteiger partial charge in [0.2, 0.25) is 17.7 Å². The fraction of sp³-hybridized carbons (Fsp3) is 0.167. The van der Waals surface area contributed by atoms with Gasteiger partial charge in [0.1, 0.15) is 5.75 Å². The number of halogens is 1. The average molecular weight is 310 g/mol. The van der Waals surface area contributed by atoms with E-state index in [0.717, 1.165) is 10.0 Å². The molecule has 2 N–H and O–H groups in total. The molecule has 0 aliphatic carbocycles. The Morgan fingerprint density at radius 2 is 1.89 bits per heavy atom. The third-order valence-electron chi connectivity index (χ3n) is 2.27. The minimum absolute atomic E-state index is 0.108. The first-order chi connectivity index (χ1) is 8.58. The molecule has 18 heavy (non-hydrogen) atoms. The van der Waals surface area contributed by atoms with Crippen molar-refractivity contribution in [1.29, 1.82) is 0 Å². The first-order valence-corrected chi connectivity index (χ1v) is 6.00. The van der Waals surface area contributed by atoms with E-state index in [4.69, 9.17) is 15.2 Å². The van der Waals surface area contributed by atoms with Gasteiger partial charge in [0.25, 0.3) is 0 Å². The third kappa shape index (κ3) is 2.89. The van der Waals surface area contributed by atoms with Crippen LogP contribution in [0.25, 0.3) is 0 Å². The number of benzene rings is 1. The maximum Gasteiger partial charge on any atom is 0.227 e. The number of nitrogens with zero attached hydrogens (tertiary/aromatic N) is 2. The summed E-state index contributed by atoms with van der Waals surface area (Å²) in [7, 11) is 1.51. The first kappa shape index (κ1) is 12.6. The lowest BCUT2D eigenvalue weighted by atomic mass is 10.2. The summed E-state index contributed by atoms with van der Waals surface area (Å²) in [5.41, 5.74) is 6.56. The zero-order valence-corrected chi connectivity index (χ0v) is 11.6. The summed E-state index contributed by atoms with van der Waals surface area (Å²) in [5, 5.41) is 0. The van der Waals surface area contributed by atoms with E-state index in [2.05, 4.69) is 25.9 Å². The normalized spacial score (nSPS) is 10.2. The Bertz CT molecular complexity index is 575. The molecule has 94 valence electrons. The van der Waals surface area contributed by atoms with Gasteiger partial charge in [0, 0.05) is 4.47 Å². The Morgan fingerprint density at radius 1 is 1.17 bits per heavy atom. The van der Waals surface area contributed by atoms with Gasteiger partial charge in [-0.05, 0) is 24.6 Å². The lowest BCUT2D eigenvalue weighted by Gasteiger charge is -2.09. The van der Waals surface area contributed by atoms with Crippen molar-refractivity contribution in [3.05, 3.63) is 34.3 Å². The second-order valence-electron chi connectivity index (χ2n) is 3.62. The molecule has 0 spiro atoms. The van der Waals surface area contributed by atoms with E-state index in [0.29, 0.717) is 17.5 Å². The van der Waals surface area contributed by atoms with Crippen LogP contribution in [0, 0.1) is 6.92 Å². The number of ether oxygens (including phenoxy) is 2. The molecule has 0 bridgehead atoms. The van der Waals surface area contributed by atoms with E-state index >= 15 is 0 Å². The highest BCUT2D eigenvalue weighted by Crippen LogP contribution is 2.28. The van der Waals surface area contributed by atoms with E-state index in [1.165, 1.54) is 7.11 Å². The van der Waals surface area contributed by atoms with Gasteiger partial charge in [-0.3, -0.25) is 0 Å². The average Bonchev–Trinajstić information content (AvgIpc) is 2.33. The van der Waals surface area contributed by atoms with E-state index in [1.807, 2.05) is 25.1 Å². The zero-order chi connectivity index (χ0) is 13.1. The Morgan fingerprint density at radius 3 is 2.61 bits per heavy atom. The van der Waals surface area contributed by atoms with Gasteiger partial charge < -0.3 is 15.2 Å². The minimum atomic E-state index is 0.108. The van der Waals surface area contributed by atoms with Gasteiger partial charge in [0.05, 0.1) is 13.2 Å². The summed E-state index contributed by atoms with van der Waals surface area (Å²) in [6, 6.07) is 7.33. The number of aromatic nitrogens is 2. The van der Waals surface area contributed by atoms with Crippen LogP contribution >= 0.6 is 15.9 Å². The Hall–Kier alpha value is -1.82. The van der Waals surface area contributed by atoms with E-state index < -0.39 is 0 Å². The molecular formula is C12H12BrN3O2. The summed E-state index contributed by atoms with van der Waals surface area (Å²) < 4.78 is 11.6. The lowest BCUT2D eigenvalue weighted by molar-refractivity contribution is 0.389. The SMILES string of the molecule is COc1cc(Oc2cc(Br)ccc2C)nc(N)n1. The molecule has 0 amide bonds. The van der Waals surface area contributed by atoms with Gasteiger partial charge >= 0.3 is 0 Å². The van der Waals surface area contributed by atoms with Crippen LogP contribution in [0.4, 0.5) is 5.95 Å². The second-order valence-corrected chi connectivity index (χ2v) is 4.53. The van der Waals surface area contributed by atoms with Crippen molar-refractivity contribution in [3.63, 3.8) is 0 Å². The van der Waals surface area contributed by atoms with Crippen LogP contribution < -0.4 is 15.2 Å². The van der Waals surface area contributed by atoms with Gasteiger partial charge in [-0.25, -0.2) is 0 Å². The van der Waals surface area contributed by atoms with Gasteiger partial charge in [0.15, 0.2) is 0 Å². The number of anilines is 1. The molecule has 0 saturated heterocycles. The van der Waals surface area contributed by atoms with Crippen molar-refractivity contribution >= 4 is 21.9 Å². The molecule has 0 radical (unpaired) electrons. The van der Waals surface area contributed by atoms with Crippen LogP contribution in [0.5, 0.6) is 17.5 Å². The molecule has 2 rings (SSSR count). The standard InChI is InChI=1S/C12H12BrN3O2/c1-7-3-4-8(13)5-9(7)18-11-6-10(17-2)15-12(14)16-11/h3-6H,1-2H3,(H2,14,15,16). The molecule has 0 atom stereocenters. The number of aryl methyl sites for hydroxylation is 1. The van der Waals surface area contributed by atoms with E-state index in [1.54, 1.807) is 6.07 Å². The highest BCUT2D eigenvalue weighted by molar-refractivity contribution is 9.10. The van der Waals surface area contributed by atoms with E-state index in [-0.39, 0.29) is 5.95 Å². The van der Waals surface area contributed by atoms with Crippen molar-refractivity contribution in [1.82, 2.24) is 9.97 Å². The number of hydrogen-bond acceptors (Lipinski definition) is 5. The Kier molecular flexibility index (Phi) is 3.66. The molecule has 0 aliphatic heterocycles. The molecule has 0 saturated carbocycles. The maximum atomic E-state index is 5.67. The summed E-state index contributed by atoms with van der Waals surface area (Å²) in [6.07, 6.45) is 0. The number of hydrogen-bond donors (Lipinski definition) is 1. The fourth-order valence-electron chi connectivity index (χ4n) is 1.37. The van der Waals surface area contributed by atoms with Gasteiger partial charge in [-0.2, -0.15) is 9.97 Å². The molecule has 1 aromatic carbocycles. The van der Waals surface area contributed by atoms with Crippen molar-refractivity contribution in [3.8, 4) is 17.5 Å². The highest BCUT2D eigenvalue weighted by atomic mass is 79.9. The molecule has 0 fully saturated rings. The summed E-state index contributed by atoms with van der Waals surface area (Å²) in [6.45, 7) is 1.95. The molecule has 1 aromatic heterocycles. The fourth-order valence-corrected chi connectivity index (χ4v) is 1.71. The predicted molar refractivity (Wildman–Crippen MR) is 71.9 cm³/mol. The Balaban J connectivity index is 2.33. The van der Waals surface area contributed by atoms with Crippen LogP contribution in [0.1, 0.15) is 5.56 Å². The van der Waals surface area contributed by atoms with Crippen LogP contribution in [0.15, 0.2) is 28.7 Å². The second kappa shape index (κ2) is 5.22. The van der Waals surface area contributed by atoms with Crippen LogP contribution in [-0.4, -0.2) is 17.1 Å². The number of nitrogen functional groups attached to an aromatic ring is 1. The van der Waals surface area contributed by atoms with Gasteiger partial charge in [-0.15, -0.1) is 0 Å². The van der Waals surface area contributed by atoms with Crippen molar-refractivity contribution in [2.75, 3.05) is 12.8 Å². The zero-order valence-electron chi connectivity index (χ0n) is 9.98. The van der Waals surface area contributed by atoms with E-state index in [9.17, 15) is 0 Å². The van der Waals surface area contributed by atoms with Crippen LogP contribution in [0.3, 0.4) is 0 Å². The number of methoxy groups -OCH3 is 1. The van der Waals surface area contributed by atoms with Crippen molar-refractivity contribution in [2.24, 2.45) is 0 Å². The maximum absolute atomic E-state index is 5.67.